The minimum absolute atomic E-state index is 0.368. The van der Waals surface area contributed by atoms with Gasteiger partial charge in [-0.25, -0.2) is 0 Å². The normalized spacial score (nSPS) is 26.8. The average molecular weight is 295 g/mol. The Morgan fingerprint density at radius 1 is 1.10 bits per heavy atom. The van der Waals surface area contributed by atoms with Crippen LogP contribution in [0.3, 0.4) is 0 Å². The maximum absolute atomic E-state index is 9.69. The maximum atomic E-state index is 9.69. The molecule has 1 fully saturated rings. The lowest BCUT2D eigenvalue weighted by atomic mass is 10.0. The van der Waals surface area contributed by atoms with E-state index in [-0.39, 0.29) is 0 Å². The molecule has 1 aliphatic heterocycles. The zero-order chi connectivity index (χ0) is 15.2. The largest absolute Gasteiger partial charge is 0.494 e. The minimum atomic E-state index is -1.05. The first kappa shape index (κ1) is 16.2. The summed E-state index contributed by atoms with van der Waals surface area (Å²) in [5.41, 5.74) is 1.09. The number of rotatable bonds is 6. The first-order valence-corrected chi connectivity index (χ1v) is 7.58. The van der Waals surface area contributed by atoms with E-state index >= 15 is 0 Å². The summed E-state index contributed by atoms with van der Waals surface area (Å²) in [6.07, 6.45) is -0.677. The van der Waals surface area contributed by atoms with Crippen molar-refractivity contribution in [3.05, 3.63) is 29.8 Å². The Morgan fingerprint density at radius 3 is 2.29 bits per heavy atom. The van der Waals surface area contributed by atoms with Crippen molar-refractivity contribution in [2.24, 2.45) is 0 Å². The molecule has 1 aromatic rings. The molecule has 1 saturated heterocycles. The third kappa shape index (κ3) is 4.68. The number of hydrogen-bond acceptors (Lipinski definition) is 5. The monoisotopic (exact) mass is 295 g/mol. The standard InChI is InChI=1S/C16H25NO4/c1-2-3-8-21-13-6-4-12(5-7-13)9-17-10-14(18)16(20)15(19)11-17/h4-7,14-16,18-20H,2-3,8-11H2,1H3. The van der Waals surface area contributed by atoms with E-state index in [0.29, 0.717) is 19.6 Å². The van der Waals surface area contributed by atoms with Gasteiger partial charge in [0, 0.05) is 19.6 Å². The number of β-amino-alcohol motifs (C(OH)–C–C–N with tert-alkyl or cyclic N) is 2. The van der Waals surface area contributed by atoms with Crippen LogP contribution in [0.4, 0.5) is 0 Å². The van der Waals surface area contributed by atoms with Gasteiger partial charge < -0.3 is 20.1 Å². The van der Waals surface area contributed by atoms with Crippen LogP contribution in [0, 0.1) is 0 Å². The molecule has 3 N–H and O–H groups in total. The topological polar surface area (TPSA) is 73.2 Å². The van der Waals surface area contributed by atoms with E-state index in [1.54, 1.807) is 0 Å². The Hall–Kier alpha value is -1.14. The van der Waals surface area contributed by atoms with Crippen molar-refractivity contribution >= 4 is 0 Å². The van der Waals surface area contributed by atoms with Gasteiger partial charge in [0.1, 0.15) is 11.9 Å². The summed E-state index contributed by atoms with van der Waals surface area (Å²) in [4.78, 5) is 1.94. The summed E-state index contributed by atoms with van der Waals surface area (Å²) in [5, 5.41) is 28.9. The quantitative estimate of drug-likeness (QED) is 0.676. The summed E-state index contributed by atoms with van der Waals surface area (Å²) in [5.74, 6) is 0.862. The fourth-order valence-corrected chi connectivity index (χ4v) is 2.49. The number of unbranched alkanes of at least 4 members (excludes halogenated alkanes) is 1. The molecule has 0 aliphatic carbocycles. The van der Waals surface area contributed by atoms with Crippen molar-refractivity contribution in [2.75, 3.05) is 19.7 Å². The van der Waals surface area contributed by atoms with Gasteiger partial charge in [0.2, 0.25) is 0 Å². The zero-order valence-corrected chi connectivity index (χ0v) is 12.5. The molecule has 1 heterocycles. The van der Waals surface area contributed by atoms with Crippen molar-refractivity contribution in [1.82, 2.24) is 4.90 Å². The predicted octanol–water partition coefficient (Wildman–Crippen LogP) is 0.764. The highest BCUT2D eigenvalue weighted by atomic mass is 16.5. The summed E-state index contributed by atoms with van der Waals surface area (Å²) in [6, 6.07) is 7.86. The summed E-state index contributed by atoms with van der Waals surface area (Å²) in [6.45, 7) is 4.24. The van der Waals surface area contributed by atoms with E-state index in [0.717, 1.165) is 30.8 Å². The van der Waals surface area contributed by atoms with Crippen molar-refractivity contribution in [1.29, 1.82) is 0 Å². The number of nitrogens with zero attached hydrogens (tertiary/aromatic N) is 1. The number of piperidine rings is 1. The van der Waals surface area contributed by atoms with Gasteiger partial charge in [-0.1, -0.05) is 25.5 Å². The molecular formula is C16H25NO4. The summed E-state index contributed by atoms with van der Waals surface area (Å²) in [7, 11) is 0. The smallest absolute Gasteiger partial charge is 0.119 e. The van der Waals surface area contributed by atoms with Gasteiger partial charge in [-0.2, -0.15) is 0 Å². The molecule has 0 spiro atoms. The third-order valence-electron chi connectivity index (χ3n) is 3.78. The molecule has 21 heavy (non-hydrogen) atoms. The molecule has 2 rings (SSSR count). The lowest BCUT2D eigenvalue weighted by molar-refractivity contribution is -0.111. The lowest BCUT2D eigenvalue weighted by Crippen LogP contribution is -2.54. The van der Waals surface area contributed by atoms with E-state index in [9.17, 15) is 15.3 Å². The molecule has 118 valence electrons. The van der Waals surface area contributed by atoms with Gasteiger partial charge in [0.25, 0.3) is 0 Å². The third-order valence-corrected chi connectivity index (χ3v) is 3.78. The van der Waals surface area contributed by atoms with Crippen molar-refractivity contribution < 1.29 is 20.1 Å². The van der Waals surface area contributed by atoms with Crippen LogP contribution in [0.2, 0.25) is 0 Å². The number of aliphatic hydroxyl groups is 3. The molecular weight excluding hydrogens is 270 g/mol. The molecule has 2 unspecified atom stereocenters. The van der Waals surface area contributed by atoms with Crippen LogP contribution in [0.15, 0.2) is 24.3 Å². The van der Waals surface area contributed by atoms with Gasteiger partial charge in [-0.05, 0) is 24.1 Å². The van der Waals surface area contributed by atoms with Crippen LogP contribution < -0.4 is 4.74 Å². The Balaban J connectivity index is 1.85. The lowest BCUT2D eigenvalue weighted by Gasteiger charge is -2.36. The summed E-state index contributed by atoms with van der Waals surface area (Å²) < 4.78 is 5.61. The van der Waals surface area contributed by atoms with Crippen molar-refractivity contribution in [3.8, 4) is 5.75 Å². The molecule has 1 aromatic carbocycles. The molecule has 0 radical (unpaired) electrons. The van der Waals surface area contributed by atoms with Crippen LogP contribution in [-0.2, 0) is 6.54 Å². The van der Waals surface area contributed by atoms with Crippen LogP contribution in [0.25, 0.3) is 0 Å². The molecule has 5 nitrogen and oxygen atoms in total. The molecule has 0 saturated carbocycles. The van der Waals surface area contributed by atoms with Gasteiger partial charge >= 0.3 is 0 Å². The molecule has 2 atom stereocenters. The van der Waals surface area contributed by atoms with E-state index in [2.05, 4.69) is 6.92 Å². The van der Waals surface area contributed by atoms with Gasteiger partial charge in [-0.15, -0.1) is 0 Å². The van der Waals surface area contributed by atoms with Gasteiger partial charge in [0.15, 0.2) is 0 Å². The number of hydrogen-bond donors (Lipinski definition) is 3. The second-order valence-electron chi connectivity index (χ2n) is 5.67. The molecule has 1 aliphatic rings. The fourth-order valence-electron chi connectivity index (χ4n) is 2.49. The second kappa shape index (κ2) is 7.75. The number of aliphatic hydroxyl groups excluding tert-OH is 3. The Bertz CT molecular complexity index is 411. The van der Waals surface area contributed by atoms with E-state index in [1.807, 2.05) is 29.2 Å². The highest BCUT2D eigenvalue weighted by Crippen LogP contribution is 2.17. The maximum Gasteiger partial charge on any atom is 0.119 e. The molecule has 5 heteroatoms. The molecule has 0 bridgehead atoms. The Labute approximate surface area is 125 Å². The van der Waals surface area contributed by atoms with Gasteiger partial charge in [0.05, 0.1) is 18.8 Å². The highest BCUT2D eigenvalue weighted by Gasteiger charge is 2.33. The average Bonchev–Trinajstić information content (AvgIpc) is 2.47. The Morgan fingerprint density at radius 2 is 1.71 bits per heavy atom. The first-order valence-electron chi connectivity index (χ1n) is 7.58. The SMILES string of the molecule is CCCCOc1ccc(CN2CC(O)C(O)C(O)C2)cc1. The number of ether oxygens (including phenoxy) is 1. The van der Waals surface area contributed by atoms with E-state index in [1.165, 1.54) is 0 Å². The van der Waals surface area contributed by atoms with Crippen molar-refractivity contribution in [2.45, 2.75) is 44.6 Å². The van der Waals surface area contributed by atoms with Gasteiger partial charge in [-0.3, -0.25) is 4.90 Å². The molecule has 0 aromatic heterocycles. The Kier molecular flexibility index (Phi) is 5.99. The second-order valence-corrected chi connectivity index (χ2v) is 5.67. The number of benzene rings is 1. The van der Waals surface area contributed by atoms with Crippen molar-refractivity contribution in [3.63, 3.8) is 0 Å². The minimum Gasteiger partial charge on any atom is -0.494 e. The highest BCUT2D eigenvalue weighted by molar-refractivity contribution is 5.27. The first-order chi connectivity index (χ1) is 10.1. The van der Waals surface area contributed by atoms with E-state index in [4.69, 9.17) is 4.74 Å². The van der Waals surface area contributed by atoms with Crippen LogP contribution >= 0.6 is 0 Å². The zero-order valence-electron chi connectivity index (χ0n) is 12.5. The van der Waals surface area contributed by atoms with Crippen LogP contribution in [-0.4, -0.2) is 58.2 Å². The van der Waals surface area contributed by atoms with E-state index < -0.39 is 18.3 Å². The van der Waals surface area contributed by atoms with Crippen LogP contribution in [0.1, 0.15) is 25.3 Å². The predicted molar refractivity (Wildman–Crippen MR) is 80.1 cm³/mol. The van der Waals surface area contributed by atoms with Crippen LogP contribution in [0.5, 0.6) is 5.75 Å². The molecule has 0 amide bonds. The fraction of sp³-hybridized carbons (Fsp3) is 0.625. The summed E-state index contributed by atoms with van der Waals surface area (Å²) >= 11 is 0. The number of likely N-dealkylation sites (tertiary alicyclic amines) is 1.